The Morgan fingerprint density at radius 1 is 1.25 bits per heavy atom. The third kappa shape index (κ3) is 2.59. The molecule has 20 heavy (non-hydrogen) atoms. The molecule has 0 saturated carbocycles. The Bertz CT molecular complexity index is 636. The molecule has 0 radical (unpaired) electrons. The van der Waals surface area contributed by atoms with E-state index in [9.17, 15) is 4.79 Å². The number of ether oxygens (including phenoxy) is 2. The Hall–Kier alpha value is -2.50. The number of rotatable bonds is 3. The minimum Gasteiger partial charge on any atom is -0.486 e. The topological polar surface area (TPSA) is 73.6 Å². The average molecular weight is 274 g/mol. The highest BCUT2D eigenvalue weighted by molar-refractivity contribution is 5.92. The van der Waals surface area contributed by atoms with E-state index in [1.807, 2.05) is 18.2 Å². The second kappa shape index (κ2) is 5.24. The van der Waals surface area contributed by atoms with Crippen molar-refractivity contribution in [3.63, 3.8) is 0 Å². The molecule has 1 N–H and O–H groups in total. The maximum absolute atomic E-state index is 11.8. The van der Waals surface area contributed by atoms with Gasteiger partial charge in [-0.1, -0.05) is 11.2 Å². The highest BCUT2D eigenvalue weighted by Gasteiger charge is 2.13. The van der Waals surface area contributed by atoms with Crippen molar-refractivity contribution in [1.82, 2.24) is 10.5 Å². The molecule has 0 saturated heterocycles. The van der Waals surface area contributed by atoms with Crippen LogP contribution in [0.3, 0.4) is 0 Å². The summed E-state index contributed by atoms with van der Waals surface area (Å²) in [6.07, 6.45) is 0. The van der Waals surface area contributed by atoms with Gasteiger partial charge >= 0.3 is 0 Å². The first-order valence-corrected chi connectivity index (χ1v) is 6.32. The van der Waals surface area contributed by atoms with Gasteiger partial charge in [-0.2, -0.15) is 0 Å². The van der Waals surface area contributed by atoms with E-state index < -0.39 is 0 Å². The van der Waals surface area contributed by atoms with Crippen LogP contribution in [0.15, 0.2) is 28.8 Å². The number of amides is 1. The Morgan fingerprint density at radius 2 is 2.05 bits per heavy atom. The molecule has 0 spiro atoms. The minimum absolute atomic E-state index is 0.267. The van der Waals surface area contributed by atoms with Crippen LogP contribution in [0.1, 0.15) is 21.8 Å². The van der Waals surface area contributed by atoms with Crippen molar-refractivity contribution in [1.29, 1.82) is 0 Å². The molecule has 6 nitrogen and oxygen atoms in total. The van der Waals surface area contributed by atoms with E-state index in [1.165, 1.54) is 0 Å². The summed E-state index contributed by atoms with van der Waals surface area (Å²) in [4.78, 5) is 11.8. The summed E-state index contributed by atoms with van der Waals surface area (Å²) in [6, 6.07) is 7.19. The van der Waals surface area contributed by atoms with Gasteiger partial charge in [0.1, 0.15) is 19.0 Å². The van der Waals surface area contributed by atoms with Crippen LogP contribution in [-0.2, 0) is 6.54 Å². The van der Waals surface area contributed by atoms with E-state index >= 15 is 0 Å². The number of hydrogen-bond acceptors (Lipinski definition) is 5. The highest BCUT2D eigenvalue weighted by atomic mass is 16.6. The van der Waals surface area contributed by atoms with E-state index in [1.54, 1.807) is 13.0 Å². The predicted molar refractivity (Wildman–Crippen MR) is 69.8 cm³/mol. The Balaban J connectivity index is 1.65. The molecule has 0 atom stereocenters. The lowest BCUT2D eigenvalue weighted by Crippen LogP contribution is -2.23. The smallest absolute Gasteiger partial charge is 0.273 e. The fourth-order valence-corrected chi connectivity index (χ4v) is 1.94. The number of aryl methyl sites for hydroxylation is 1. The largest absolute Gasteiger partial charge is 0.486 e. The average Bonchev–Trinajstić information content (AvgIpc) is 2.91. The summed E-state index contributed by atoms with van der Waals surface area (Å²) < 4.78 is 15.8. The van der Waals surface area contributed by atoms with Gasteiger partial charge in [0.25, 0.3) is 5.91 Å². The number of aromatic nitrogens is 1. The molecule has 1 amide bonds. The molecule has 1 aliphatic heterocycles. The molecule has 0 bridgehead atoms. The van der Waals surface area contributed by atoms with Gasteiger partial charge in [0.2, 0.25) is 0 Å². The van der Waals surface area contributed by atoms with Gasteiger partial charge in [-0.15, -0.1) is 0 Å². The van der Waals surface area contributed by atoms with Crippen LogP contribution in [0.5, 0.6) is 11.5 Å². The van der Waals surface area contributed by atoms with Crippen LogP contribution in [0.4, 0.5) is 0 Å². The quantitative estimate of drug-likeness (QED) is 0.921. The first-order valence-electron chi connectivity index (χ1n) is 6.32. The van der Waals surface area contributed by atoms with E-state index in [0.29, 0.717) is 31.3 Å². The SMILES string of the molecule is Cc1cc(C(=O)NCc2ccc3c(c2)OCCO3)no1. The summed E-state index contributed by atoms with van der Waals surface area (Å²) in [5, 5.41) is 6.44. The van der Waals surface area contributed by atoms with Gasteiger partial charge in [0, 0.05) is 12.6 Å². The number of benzene rings is 1. The number of carbonyl (C=O) groups is 1. The first-order chi connectivity index (χ1) is 9.72. The molecule has 6 heteroatoms. The number of nitrogens with zero attached hydrogens (tertiary/aromatic N) is 1. The molecule has 0 aliphatic carbocycles. The molecule has 2 aromatic rings. The standard InChI is InChI=1S/C14H14N2O4/c1-9-6-11(16-20-9)14(17)15-8-10-2-3-12-13(7-10)19-5-4-18-12/h2-3,6-7H,4-5,8H2,1H3,(H,15,17). The molecule has 104 valence electrons. The van der Waals surface area contributed by atoms with E-state index in [0.717, 1.165) is 11.3 Å². The second-order valence-electron chi connectivity index (χ2n) is 4.48. The first kappa shape index (κ1) is 12.5. The van der Waals surface area contributed by atoms with Crippen molar-refractivity contribution in [2.75, 3.05) is 13.2 Å². The maximum Gasteiger partial charge on any atom is 0.273 e. The monoisotopic (exact) mass is 274 g/mol. The Morgan fingerprint density at radius 3 is 2.80 bits per heavy atom. The molecule has 2 heterocycles. The molecular weight excluding hydrogens is 260 g/mol. The van der Waals surface area contributed by atoms with E-state index in [4.69, 9.17) is 14.0 Å². The fourth-order valence-electron chi connectivity index (χ4n) is 1.94. The normalized spacial score (nSPS) is 13.1. The van der Waals surface area contributed by atoms with Crippen LogP contribution in [-0.4, -0.2) is 24.3 Å². The molecule has 1 aromatic carbocycles. The molecule has 0 fully saturated rings. The van der Waals surface area contributed by atoms with Crippen LogP contribution >= 0.6 is 0 Å². The molecule has 0 unspecified atom stereocenters. The third-order valence-electron chi connectivity index (χ3n) is 2.92. The summed E-state index contributed by atoms with van der Waals surface area (Å²) in [7, 11) is 0. The zero-order valence-electron chi connectivity index (χ0n) is 11.0. The summed E-state index contributed by atoms with van der Waals surface area (Å²) in [5.41, 5.74) is 1.21. The van der Waals surface area contributed by atoms with Crippen molar-refractivity contribution in [2.24, 2.45) is 0 Å². The summed E-state index contributed by atoms with van der Waals surface area (Å²) >= 11 is 0. The number of fused-ring (bicyclic) bond motifs is 1. The zero-order valence-corrected chi connectivity index (χ0v) is 11.0. The van der Waals surface area contributed by atoms with Crippen molar-refractivity contribution in [3.8, 4) is 11.5 Å². The summed E-state index contributed by atoms with van der Waals surface area (Å²) in [6.45, 7) is 3.24. The molecule has 1 aromatic heterocycles. The number of nitrogens with one attached hydrogen (secondary N) is 1. The van der Waals surface area contributed by atoms with Crippen LogP contribution < -0.4 is 14.8 Å². The van der Waals surface area contributed by atoms with Gasteiger partial charge in [-0.3, -0.25) is 4.79 Å². The summed E-state index contributed by atoms with van der Waals surface area (Å²) in [5.74, 6) is 1.78. The van der Waals surface area contributed by atoms with Crippen LogP contribution in [0.25, 0.3) is 0 Å². The van der Waals surface area contributed by atoms with E-state index in [-0.39, 0.29) is 11.6 Å². The van der Waals surface area contributed by atoms with Crippen molar-refractivity contribution in [2.45, 2.75) is 13.5 Å². The zero-order chi connectivity index (χ0) is 13.9. The fraction of sp³-hybridized carbons (Fsp3) is 0.286. The van der Waals surface area contributed by atoms with Gasteiger partial charge in [0.15, 0.2) is 17.2 Å². The Kier molecular flexibility index (Phi) is 3.28. The molecular formula is C14H14N2O4. The highest BCUT2D eigenvalue weighted by Crippen LogP contribution is 2.30. The lowest BCUT2D eigenvalue weighted by atomic mass is 10.2. The van der Waals surface area contributed by atoms with Crippen molar-refractivity contribution in [3.05, 3.63) is 41.3 Å². The lowest BCUT2D eigenvalue weighted by Gasteiger charge is -2.18. The van der Waals surface area contributed by atoms with Gasteiger partial charge in [-0.05, 0) is 24.6 Å². The van der Waals surface area contributed by atoms with Gasteiger partial charge in [0.05, 0.1) is 0 Å². The van der Waals surface area contributed by atoms with E-state index in [2.05, 4.69) is 10.5 Å². The van der Waals surface area contributed by atoms with Crippen LogP contribution in [0.2, 0.25) is 0 Å². The van der Waals surface area contributed by atoms with Gasteiger partial charge < -0.3 is 19.3 Å². The molecule has 1 aliphatic rings. The number of hydrogen-bond donors (Lipinski definition) is 1. The number of carbonyl (C=O) groups excluding carboxylic acids is 1. The van der Waals surface area contributed by atoms with Gasteiger partial charge in [-0.25, -0.2) is 0 Å². The Labute approximate surface area is 115 Å². The minimum atomic E-state index is -0.267. The van der Waals surface area contributed by atoms with Crippen molar-refractivity contribution >= 4 is 5.91 Å². The lowest BCUT2D eigenvalue weighted by molar-refractivity contribution is 0.0941. The van der Waals surface area contributed by atoms with Crippen LogP contribution in [0, 0.1) is 6.92 Å². The van der Waals surface area contributed by atoms with Crippen molar-refractivity contribution < 1.29 is 18.8 Å². The predicted octanol–water partition coefficient (Wildman–Crippen LogP) is 1.68. The molecule has 3 rings (SSSR count). The maximum atomic E-state index is 11.8. The third-order valence-corrected chi connectivity index (χ3v) is 2.92. The second-order valence-corrected chi connectivity index (χ2v) is 4.48.